The first-order valence-electron chi connectivity index (χ1n) is 7.39. The van der Waals surface area contributed by atoms with E-state index in [1.165, 1.54) is 5.56 Å². The molecule has 0 aromatic heterocycles. The average molecular weight is 276 g/mol. The van der Waals surface area contributed by atoms with Gasteiger partial charge in [-0.25, -0.2) is 0 Å². The van der Waals surface area contributed by atoms with E-state index in [1.54, 1.807) is 0 Å². The minimum absolute atomic E-state index is 0.0230. The average Bonchev–Trinajstić information content (AvgIpc) is 2.41. The van der Waals surface area contributed by atoms with E-state index in [-0.39, 0.29) is 12.0 Å². The van der Waals surface area contributed by atoms with Crippen LogP contribution in [0.15, 0.2) is 24.3 Å². The summed E-state index contributed by atoms with van der Waals surface area (Å²) in [6.45, 7) is 3.14. The molecule has 1 amide bonds. The maximum Gasteiger partial charge on any atom is 0.238 e. The molecule has 0 bridgehead atoms. The largest absolute Gasteiger partial charge is 0.393 e. The van der Waals surface area contributed by atoms with Crippen molar-refractivity contribution in [1.29, 1.82) is 0 Å². The smallest absolute Gasteiger partial charge is 0.238 e. The zero-order valence-corrected chi connectivity index (χ0v) is 12.1. The second kappa shape index (κ2) is 7.41. The number of hydrogen-bond acceptors (Lipinski definition) is 3. The summed E-state index contributed by atoms with van der Waals surface area (Å²) in [4.78, 5) is 11.8. The van der Waals surface area contributed by atoms with Crippen LogP contribution in [0.2, 0.25) is 0 Å². The molecule has 0 spiro atoms. The van der Waals surface area contributed by atoms with Gasteiger partial charge in [0, 0.05) is 5.69 Å². The van der Waals surface area contributed by atoms with Crippen LogP contribution >= 0.6 is 0 Å². The summed E-state index contributed by atoms with van der Waals surface area (Å²) >= 11 is 0. The lowest BCUT2D eigenvalue weighted by Gasteiger charge is -2.25. The van der Waals surface area contributed by atoms with Crippen molar-refractivity contribution in [3.05, 3.63) is 29.8 Å². The molecule has 1 saturated carbocycles. The Balaban J connectivity index is 1.66. The molecular weight excluding hydrogens is 252 g/mol. The maximum atomic E-state index is 11.8. The lowest BCUT2D eigenvalue weighted by molar-refractivity contribution is -0.115. The molecular formula is C16H24N2O2. The molecule has 1 aromatic rings. The summed E-state index contributed by atoms with van der Waals surface area (Å²) in [5, 5.41) is 15.6. The normalized spacial score (nSPS) is 22.5. The van der Waals surface area contributed by atoms with Gasteiger partial charge in [-0.15, -0.1) is 0 Å². The fourth-order valence-electron chi connectivity index (χ4n) is 2.68. The number of benzene rings is 1. The van der Waals surface area contributed by atoms with Crippen LogP contribution in [0, 0.1) is 12.8 Å². The number of carbonyl (C=O) groups is 1. The van der Waals surface area contributed by atoms with Crippen molar-refractivity contribution in [2.75, 3.05) is 18.4 Å². The lowest BCUT2D eigenvalue weighted by atomic mass is 9.87. The SMILES string of the molecule is Cc1ccc(NC(=O)CNCC2CCCC(O)C2)cc1. The summed E-state index contributed by atoms with van der Waals surface area (Å²) in [5.74, 6) is 0.469. The maximum absolute atomic E-state index is 11.8. The lowest BCUT2D eigenvalue weighted by Crippen LogP contribution is -2.34. The molecule has 20 heavy (non-hydrogen) atoms. The van der Waals surface area contributed by atoms with Crippen molar-refractivity contribution in [3.63, 3.8) is 0 Å². The van der Waals surface area contributed by atoms with Gasteiger partial charge in [-0.05, 0) is 50.8 Å². The highest BCUT2D eigenvalue weighted by atomic mass is 16.3. The van der Waals surface area contributed by atoms with E-state index in [1.807, 2.05) is 31.2 Å². The highest BCUT2D eigenvalue weighted by molar-refractivity contribution is 5.92. The minimum atomic E-state index is -0.156. The summed E-state index contributed by atoms with van der Waals surface area (Å²) in [5.41, 5.74) is 2.01. The highest BCUT2D eigenvalue weighted by Gasteiger charge is 2.19. The predicted molar refractivity (Wildman–Crippen MR) is 80.6 cm³/mol. The first-order chi connectivity index (χ1) is 9.63. The Morgan fingerprint density at radius 2 is 2.05 bits per heavy atom. The van der Waals surface area contributed by atoms with Crippen LogP contribution in [-0.2, 0) is 4.79 Å². The van der Waals surface area contributed by atoms with E-state index in [2.05, 4.69) is 10.6 Å². The van der Waals surface area contributed by atoms with E-state index in [4.69, 9.17) is 0 Å². The number of aliphatic hydroxyl groups is 1. The molecule has 2 rings (SSSR count). The van der Waals surface area contributed by atoms with Crippen molar-refractivity contribution in [2.24, 2.45) is 5.92 Å². The quantitative estimate of drug-likeness (QED) is 0.771. The molecule has 4 heteroatoms. The Kier molecular flexibility index (Phi) is 5.56. The van der Waals surface area contributed by atoms with Gasteiger partial charge in [0.15, 0.2) is 0 Å². The first kappa shape index (κ1) is 15.0. The molecule has 2 unspecified atom stereocenters. The third kappa shape index (κ3) is 4.94. The Hall–Kier alpha value is -1.39. The monoisotopic (exact) mass is 276 g/mol. The third-order valence-corrected chi connectivity index (χ3v) is 3.81. The number of rotatable bonds is 5. The topological polar surface area (TPSA) is 61.4 Å². The van der Waals surface area contributed by atoms with Gasteiger partial charge in [0.05, 0.1) is 12.6 Å². The molecule has 1 aliphatic carbocycles. The van der Waals surface area contributed by atoms with E-state index in [0.717, 1.165) is 37.9 Å². The van der Waals surface area contributed by atoms with E-state index in [0.29, 0.717) is 12.5 Å². The summed E-state index contributed by atoms with van der Waals surface area (Å²) in [6, 6.07) is 7.77. The van der Waals surface area contributed by atoms with Crippen molar-refractivity contribution in [1.82, 2.24) is 5.32 Å². The van der Waals surface area contributed by atoms with Gasteiger partial charge in [-0.1, -0.05) is 24.1 Å². The molecule has 110 valence electrons. The van der Waals surface area contributed by atoms with Crippen LogP contribution in [0.3, 0.4) is 0 Å². The zero-order chi connectivity index (χ0) is 14.4. The van der Waals surface area contributed by atoms with Crippen LogP contribution in [0.1, 0.15) is 31.2 Å². The van der Waals surface area contributed by atoms with Crippen molar-refractivity contribution in [2.45, 2.75) is 38.7 Å². The number of nitrogens with one attached hydrogen (secondary N) is 2. The Morgan fingerprint density at radius 1 is 1.30 bits per heavy atom. The third-order valence-electron chi connectivity index (χ3n) is 3.81. The molecule has 0 radical (unpaired) electrons. The standard InChI is InChI=1S/C16H24N2O2/c1-12-5-7-14(8-6-12)18-16(20)11-17-10-13-3-2-4-15(19)9-13/h5-8,13,15,17,19H,2-4,9-11H2,1H3,(H,18,20). The van der Waals surface area contributed by atoms with E-state index in [9.17, 15) is 9.90 Å². The van der Waals surface area contributed by atoms with Crippen LogP contribution in [0.4, 0.5) is 5.69 Å². The number of hydrogen-bond donors (Lipinski definition) is 3. The number of carbonyl (C=O) groups excluding carboxylic acids is 1. The molecule has 0 aliphatic heterocycles. The molecule has 1 aliphatic rings. The molecule has 0 saturated heterocycles. The van der Waals surface area contributed by atoms with Gasteiger partial charge in [0.2, 0.25) is 5.91 Å². The summed E-state index contributed by atoms with van der Waals surface area (Å²) < 4.78 is 0. The van der Waals surface area contributed by atoms with Gasteiger partial charge >= 0.3 is 0 Å². The van der Waals surface area contributed by atoms with E-state index >= 15 is 0 Å². The fourth-order valence-corrected chi connectivity index (χ4v) is 2.68. The zero-order valence-electron chi connectivity index (χ0n) is 12.1. The number of aliphatic hydroxyl groups excluding tert-OH is 1. The number of amides is 1. The summed E-state index contributed by atoms with van der Waals surface area (Å²) in [6.07, 6.45) is 3.85. The predicted octanol–water partition coefficient (Wildman–Crippen LogP) is 2.07. The van der Waals surface area contributed by atoms with E-state index < -0.39 is 0 Å². The van der Waals surface area contributed by atoms with Gasteiger partial charge in [-0.2, -0.15) is 0 Å². The molecule has 2 atom stereocenters. The molecule has 4 nitrogen and oxygen atoms in total. The van der Waals surface area contributed by atoms with Gasteiger partial charge < -0.3 is 15.7 Å². The van der Waals surface area contributed by atoms with Crippen molar-refractivity contribution >= 4 is 11.6 Å². The Bertz CT molecular complexity index is 431. The fraction of sp³-hybridized carbons (Fsp3) is 0.562. The highest BCUT2D eigenvalue weighted by Crippen LogP contribution is 2.23. The molecule has 1 fully saturated rings. The van der Waals surface area contributed by atoms with Crippen molar-refractivity contribution < 1.29 is 9.90 Å². The molecule has 0 heterocycles. The van der Waals surface area contributed by atoms with Crippen LogP contribution in [0.25, 0.3) is 0 Å². The van der Waals surface area contributed by atoms with Crippen LogP contribution < -0.4 is 10.6 Å². The van der Waals surface area contributed by atoms with Gasteiger partial charge in [0.25, 0.3) is 0 Å². The number of anilines is 1. The number of aryl methyl sites for hydroxylation is 1. The molecule has 1 aromatic carbocycles. The Morgan fingerprint density at radius 3 is 2.75 bits per heavy atom. The second-order valence-electron chi connectivity index (χ2n) is 5.73. The second-order valence-corrected chi connectivity index (χ2v) is 5.73. The van der Waals surface area contributed by atoms with Crippen molar-refractivity contribution in [3.8, 4) is 0 Å². The molecule has 3 N–H and O–H groups in total. The summed E-state index contributed by atoms with van der Waals surface area (Å²) in [7, 11) is 0. The van der Waals surface area contributed by atoms with Crippen LogP contribution in [-0.4, -0.2) is 30.2 Å². The van der Waals surface area contributed by atoms with Crippen LogP contribution in [0.5, 0.6) is 0 Å². The minimum Gasteiger partial charge on any atom is -0.393 e. The first-order valence-corrected chi connectivity index (χ1v) is 7.39. The Labute approximate surface area is 120 Å². The van der Waals surface area contributed by atoms with Gasteiger partial charge in [0.1, 0.15) is 0 Å². The van der Waals surface area contributed by atoms with Gasteiger partial charge in [-0.3, -0.25) is 4.79 Å².